The fourth-order valence-corrected chi connectivity index (χ4v) is 1.91. The van der Waals surface area contributed by atoms with Crippen LogP contribution in [-0.4, -0.2) is 30.5 Å². The molecule has 0 spiro atoms. The maximum Gasteiger partial charge on any atom is 0.326 e. The minimum Gasteiger partial charge on any atom is -0.329 e. The highest BCUT2D eigenvalue weighted by atomic mass is 16.1. The molecule has 0 radical (unpaired) electrons. The SMILES string of the molecule is NCCn1cc(-c2cnc3cnccn23)[nH]c1=O. The number of hydrogen-bond donors (Lipinski definition) is 2. The summed E-state index contributed by atoms with van der Waals surface area (Å²) in [4.78, 5) is 22.7. The van der Waals surface area contributed by atoms with Crippen LogP contribution in [0.1, 0.15) is 0 Å². The molecule has 3 aromatic heterocycles. The minimum atomic E-state index is -0.167. The van der Waals surface area contributed by atoms with Crippen molar-refractivity contribution >= 4 is 5.65 Å². The van der Waals surface area contributed by atoms with E-state index < -0.39 is 0 Å². The molecule has 0 aromatic carbocycles. The monoisotopic (exact) mass is 244 g/mol. The standard InChI is InChI=1S/C11H12N6O/c12-1-3-16-7-8(15-11(16)18)9-5-14-10-6-13-2-4-17(9)10/h2,4-7H,1,3,12H2,(H,15,18). The molecule has 0 atom stereocenters. The van der Waals surface area contributed by atoms with E-state index in [9.17, 15) is 4.79 Å². The Bertz CT molecular complexity index is 737. The topological polar surface area (TPSA) is 94.0 Å². The highest BCUT2D eigenvalue weighted by Crippen LogP contribution is 2.16. The van der Waals surface area contributed by atoms with Crippen LogP contribution in [0, 0.1) is 0 Å². The van der Waals surface area contributed by atoms with Gasteiger partial charge in [0, 0.05) is 31.7 Å². The number of fused-ring (bicyclic) bond motifs is 1. The molecule has 0 unspecified atom stereocenters. The van der Waals surface area contributed by atoms with Crippen LogP contribution in [0.5, 0.6) is 0 Å². The van der Waals surface area contributed by atoms with E-state index in [2.05, 4.69) is 15.0 Å². The Balaban J connectivity index is 2.14. The summed E-state index contributed by atoms with van der Waals surface area (Å²) < 4.78 is 3.42. The number of aromatic amines is 1. The number of nitrogens with two attached hydrogens (primary N) is 1. The van der Waals surface area contributed by atoms with Gasteiger partial charge >= 0.3 is 5.69 Å². The predicted molar refractivity (Wildman–Crippen MR) is 66.1 cm³/mol. The second-order valence-corrected chi connectivity index (χ2v) is 3.90. The van der Waals surface area contributed by atoms with Crippen molar-refractivity contribution in [1.29, 1.82) is 0 Å². The average molecular weight is 244 g/mol. The van der Waals surface area contributed by atoms with Crippen molar-refractivity contribution in [2.75, 3.05) is 6.54 Å². The molecule has 0 bridgehead atoms. The van der Waals surface area contributed by atoms with E-state index in [1.807, 2.05) is 4.40 Å². The fourth-order valence-electron chi connectivity index (χ4n) is 1.91. The molecule has 3 heterocycles. The Labute approximate surface area is 102 Å². The quantitative estimate of drug-likeness (QED) is 0.669. The van der Waals surface area contributed by atoms with Gasteiger partial charge < -0.3 is 10.7 Å². The molecule has 0 amide bonds. The summed E-state index contributed by atoms with van der Waals surface area (Å²) in [7, 11) is 0. The van der Waals surface area contributed by atoms with Crippen molar-refractivity contribution in [3.05, 3.63) is 41.5 Å². The van der Waals surface area contributed by atoms with Crippen LogP contribution < -0.4 is 11.4 Å². The van der Waals surface area contributed by atoms with E-state index in [0.29, 0.717) is 18.8 Å². The van der Waals surface area contributed by atoms with E-state index in [1.54, 1.807) is 35.6 Å². The van der Waals surface area contributed by atoms with Gasteiger partial charge in [-0.25, -0.2) is 9.78 Å². The Morgan fingerprint density at radius 3 is 3.11 bits per heavy atom. The van der Waals surface area contributed by atoms with Gasteiger partial charge in [-0.05, 0) is 0 Å². The fraction of sp³-hybridized carbons (Fsp3) is 0.182. The molecule has 0 aliphatic rings. The summed E-state index contributed by atoms with van der Waals surface area (Å²) >= 11 is 0. The lowest BCUT2D eigenvalue weighted by atomic mass is 10.3. The lowest BCUT2D eigenvalue weighted by Gasteiger charge is -1.97. The van der Waals surface area contributed by atoms with Gasteiger partial charge in [0.05, 0.1) is 23.8 Å². The molecular weight excluding hydrogens is 232 g/mol. The lowest BCUT2D eigenvalue weighted by molar-refractivity contribution is 0.683. The first-order valence-corrected chi connectivity index (χ1v) is 5.56. The zero-order chi connectivity index (χ0) is 12.5. The van der Waals surface area contributed by atoms with Gasteiger partial charge in [-0.1, -0.05) is 0 Å². The summed E-state index contributed by atoms with van der Waals surface area (Å²) in [6.07, 6.45) is 8.59. The number of hydrogen-bond acceptors (Lipinski definition) is 4. The zero-order valence-corrected chi connectivity index (χ0v) is 9.58. The van der Waals surface area contributed by atoms with E-state index in [4.69, 9.17) is 5.73 Å². The van der Waals surface area contributed by atoms with Crippen molar-refractivity contribution in [3.63, 3.8) is 0 Å². The van der Waals surface area contributed by atoms with Gasteiger partial charge in [0.25, 0.3) is 0 Å². The second-order valence-electron chi connectivity index (χ2n) is 3.90. The van der Waals surface area contributed by atoms with Crippen molar-refractivity contribution in [2.45, 2.75) is 6.54 Å². The van der Waals surface area contributed by atoms with Gasteiger partial charge in [-0.2, -0.15) is 0 Å². The third-order valence-corrected chi connectivity index (χ3v) is 2.75. The van der Waals surface area contributed by atoms with Gasteiger partial charge in [0.2, 0.25) is 0 Å². The zero-order valence-electron chi connectivity index (χ0n) is 9.58. The third-order valence-electron chi connectivity index (χ3n) is 2.75. The summed E-state index contributed by atoms with van der Waals surface area (Å²) in [6.45, 7) is 0.919. The maximum absolute atomic E-state index is 11.7. The van der Waals surface area contributed by atoms with Gasteiger partial charge in [-0.15, -0.1) is 0 Å². The number of aromatic nitrogens is 5. The number of rotatable bonds is 3. The van der Waals surface area contributed by atoms with Crippen LogP contribution in [-0.2, 0) is 6.54 Å². The van der Waals surface area contributed by atoms with E-state index in [-0.39, 0.29) is 5.69 Å². The molecule has 18 heavy (non-hydrogen) atoms. The molecule has 0 aliphatic carbocycles. The molecule has 7 nitrogen and oxygen atoms in total. The Hall–Kier alpha value is -2.41. The molecule has 7 heteroatoms. The third kappa shape index (κ3) is 1.61. The summed E-state index contributed by atoms with van der Waals surface area (Å²) in [5.41, 5.74) is 7.55. The molecule has 3 N–H and O–H groups in total. The first-order valence-electron chi connectivity index (χ1n) is 5.56. The molecule has 92 valence electrons. The predicted octanol–water partition coefficient (Wildman–Crippen LogP) is -0.155. The Morgan fingerprint density at radius 1 is 1.39 bits per heavy atom. The summed E-state index contributed by atoms with van der Waals surface area (Å²) in [6, 6.07) is 0. The molecule has 0 aliphatic heterocycles. The van der Waals surface area contributed by atoms with Gasteiger partial charge in [-0.3, -0.25) is 14.0 Å². The number of H-pyrrole nitrogens is 1. The van der Waals surface area contributed by atoms with Gasteiger partial charge in [0.1, 0.15) is 0 Å². The van der Waals surface area contributed by atoms with Crippen LogP contribution >= 0.6 is 0 Å². The van der Waals surface area contributed by atoms with E-state index >= 15 is 0 Å². The Morgan fingerprint density at radius 2 is 2.28 bits per heavy atom. The van der Waals surface area contributed by atoms with Crippen molar-refractivity contribution in [3.8, 4) is 11.4 Å². The molecule has 0 saturated heterocycles. The largest absolute Gasteiger partial charge is 0.329 e. The van der Waals surface area contributed by atoms with E-state index in [0.717, 1.165) is 11.3 Å². The van der Waals surface area contributed by atoms with Crippen LogP contribution in [0.25, 0.3) is 17.0 Å². The van der Waals surface area contributed by atoms with E-state index in [1.165, 1.54) is 0 Å². The van der Waals surface area contributed by atoms with Crippen molar-refractivity contribution < 1.29 is 0 Å². The van der Waals surface area contributed by atoms with Crippen LogP contribution in [0.2, 0.25) is 0 Å². The average Bonchev–Trinajstić information content (AvgIpc) is 2.94. The minimum absolute atomic E-state index is 0.167. The Kier molecular flexibility index (Phi) is 2.45. The number of imidazole rings is 2. The lowest BCUT2D eigenvalue weighted by Crippen LogP contribution is -2.20. The number of nitrogens with one attached hydrogen (secondary N) is 1. The van der Waals surface area contributed by atoms with Crippen LogP contribution in [0.3, 0.4) is 0 Å². The molecular formula is C11H12N6O. The molecule has 3 aromatic rings. The number of nitrogens with zero attached hydrogens (tertiary/aromatic N) is 4. The normalized spacial score (nSPS) is 11.2. The van der Waals surface area contributed by atoms with Crippen molar-refractivity contribution in [1.82, 2.24) is 23.9 Å². The first-order chi connectivity index (χ1) is 8.79. The summed E-state index contributed by atoms with van der Waals surface area (Å²) in [5.74, 6) is 0. The highest BCUT2D eigenvalue weighted by Gasteiger charge is 2.09. The molecule has 0 fully saturated rings. The van der Waals surface area contributed by atoms with Crippen LogP contribution in [0.15, 0.2) is 35.8 Å². The highest BCUT2D eigenvalue weighted by molar-refractivity contribution is 5.58. The summed E-state index contributed by atoms with van der Waals surface area (Å²) in [5, 5.41) is 0. The smallest absolute Gasteiger partial charge is 0.326 e. The molecule has 0 saturated carbocycles. The van der Waals surface area contributed by atoms with Crippen molar-refractivity contribution in [2.24, 2.45) is 5.73 Å². The van der Waals surface area contributed by atoms with Gasteiger partial charge in [0.15, 0.2) is 5.65 Å². The molecule has 3 rings (SSSR count). The second kappa shape index (κ2) is 4.11. The first kappa shape index (κ1) is 10.7. The van der Waals surface area contributed by atoms with Crippen LogP contribution in [0.4, 0.5) is 0 Å². The maximum atomic E-state index is 11.7.